The van der Waals surface area contributed by atoms with Crippen LogP contribution in [0.4, 0.5) is 0 Å². The van der Waals surface area contributed by atoms with Crippen molar-refractivity contribution in [3.8, 4) is 0 Å². The fourth-order valence-corrected chi connectivity index (χ4v) is 1.46. The molecule has 0 aliphatic heterocycles. The third kappa shape index (κ3) is 5.19. The fourth-order valence-electron chi connectivity index (χ4n) is 1.46. The Kier molecular flexibility index (Phi) is 5.04. The van der Waals surface area contributed by atoms with E-state index in [0.29, 0.717) is 11.5 Å². The summed E-state index contributed by atoms with van der Waals surface area (Å²) >= 11 is 0. The summed E-state index contributed by atoms with van der Waals surface area (Å²) in [6.45, 7) is 1.68. The smallest absolute Gasteiger partial charge is 0.326 e. The van der Waals surface area contributed by atoms with E-state index in [-0.39, 0.29) is 19.3 Å². The second-order valence-corrected chi connectivity index (χ2v) is 4.07. The van der Waals surface area contributed by atoms with Crippen molar-refractivity contribution in [3.63, 3.8) is 0 Å². The number of carbonyl (C=O) groups is 3. The monoisotopic (exact) mass is 269 g/mol. The molecule has 19 heavy (non-hydrogen) atoms. The van der Waals surface area contributed by atoms with E-state index in [0.717, 1.165) is 0 Å². The lowest BCUT2D eigenvalue weighted by Crippen LogP contribution is -2.42. The van der Waals surface area contributed by atoms with Gasteiger partial charge in [0.2, 0.25) is 11.8 Å². The normalized spacial score (nSPS) is 11.8. The second kappa shape index (κ2) is 6.53. The first kappa shape index (κ1) is 14.7. The van der Waals surface area contributed by atoms with Gasteiger partial charge in [0.1, 0.15) is 11.8 Å². The molecule has 0 aliphatic carbocycles. The maximum atomic E-state index is 11.6. The van der Waals surface area contributed by atoms with Crippen molar-refractivity contribution in [2.24, 2.45) is 5.73 Å². The topological polar surface area (TPSA) is 136 Å². The second-order valence-electron chi connectivity index (χ2n) is 4.07. The molecule has 0 saturated heterocycles. The minimum absolute atomic E-state index is 0.0474. The maximum Gasteiger partial charge on any atom is 0.326 e. The van der Waals surface area contributed by atoms with E-state index in [4.69, 9.17) is 15.4 Å². The van der Waals surface area contributed by atoms with Gasteiger partial charge in [0.05, 0.1) is 12.1 Å². The molecule has 104 valence electrons. The molecule has 0 aromatic carbocycles. The van der Waals surface area contributed by atoms with Crippen molar-refractivity contribution < 1.29 is 24.0 Å². The zero-order valence-electron chi connectivity index (χ0n) is 10.4. The molecule has 1 atom stereocenters. The van der Waals surface area contributed by atoms with E-state index in [1.165, 1.54) is 0 Å². The number of amides is 2. The van der Waals surface area contributed by atoms with Crippen molar-refractivity contribution in [1.82, 2.24) is 10.5 Å². The summed E-state index contributed by atoms with van der Waals surface area (Å²) in [5.41, 5.74) is 5.34. The Bertz CT molecular complexity index is 482. The Hall–Kier alpha value is -2.38. The third-order valence-corrected chi connectivity index (χ3v) is 2.33. The van der Waals surface area contributed by atoms with Crippen LogP contribution in [0, 0.1) is 6.92 Å². The molecule has 8 heteroatoms. The number of carbonyl (C=O) groups excluding carboxylic acids is 2. The van der Waals surface area contributed by atoms with E-state index in [1.54, 1.807) is 13.0 Å². The van der Waals surface area contributed by atoms with Crippen LogP contribution < -0.4 is 11.1 Å². The van der Waals surface area contributed by atoms with E-state index < -0.39 is 23.8 Å². The number of aliphatic carboxylic acids is 1. The van der Waals surface area contributed by atoms with Gasteiger partial charge in [-0.3, -0.25) is 9.59 Å². The van der Waals surface area contributed by atoms with Gasteiger partial charge in [0, 0.05) is 12.5 Å². The highest BCUT2D eigenvalue weighted by Crippen LogP contribution is 2.03. The molecule has 4 N–H and O–H groups in total. The Morgan fingerprint density at radius 3 is 2.68 bits per heavy atom. The van der Waals surface area contributed by atoms with Gasteiger partial charge in [0.15, 0.2) is 0 Å². The number of primary amides is 1. The predicted octanol–water partition coefficient (Wildman–Crippen LogP) is -0.640. The predicted molar refractivity (Wildman–Crippen MR) is 62.9 cm³/mol. The largest absolute Gasteiger partial charge is 0.480 e. The average Bonchev–Trinajstić information content (AvgIpc) is 2.69. The van der Waals surface area contributed by atoms with Gasteiger partial charge in [0.25, 0.3) is 0 Å². The molecule has 1 rings (SSSR count). The minimum atomic E-state index is -1.22. The van der Waals surface area contributed by atoms with Crippen molar-refractivity contribution in [2.75, 3.05) is 0 Å². The van der Waals surface area contributed by atoms with E-state index in [2.05, 4.69) is 10.5 Å². The summed E-state index contributed by atoms with van der Waals surface area (Å²) in [6.07, 6.45) is -0.244. The summed E-state index contributed by atoms with van der Waals surface area (Å²) in [5, 5.41) is 14.8. The number of rotatable bonds is 7. The number of aryl methyl sites for hydroxylation is 1. The zero-order chi connectivity index (χ0) is 14.4. The fraction of sp³-hybridized carbons (Fsp3) is 0.455. The Morgan fingerprint density at radius 2 is 2.21 bits per heavy atom. The molecule has 0 fully saturated rings. The SMILES string of the molecule is Cc1cc(CC(=O)N[C@@H](CCC(N)=O)C(=O)O)no1. The Labute approximate surface area is 108 Å². The Morgan fingerprint density at radius 1 is 1.53 bits per heavy atom. The zero-order valence-corrected chi connectivity index (χ0v) is 10.4. The van der Waals surface area contributed by atoms with Crippen LogP contribution in [0.25, 0.3) is 0 Å². The van der Waals surface area contributed by atoms with Crippen LogP contribution in [0.15, 0.2) is 10.6 Å². The van der Waals surface area contributed by atoms with Crippen LogP contribution in [0.1, 0.15) is 24.3 Å². The molecular weight excluding hydrogens is 254 g/mol. The number of nitrogens with two attached hydrogens (primary N) is 1. The average molecular weight is 269 g/mol. The van der Waals surface area contributed by atoms with Crippen LogP contribution in [0.5, 0.6) is 0 Å². The molecule has 2 amide bonds. The lowest BCUT2D eigenvalue weighted by atomic mass is 10.1. The molecule has 0 saturated carbocycles. The van der Waals surface area contributed by atoms with Crippen LogP contribution in [0.2, 0.25) is 0 Å². The standard InChI is InChI=1S/C11H15N3O5/c1-6-4-7(14-19-6)5-10(16)13-8(11(17)18)2-3-9(12)15/h4,8H,2-3,5H2,1H3,(H2,12,15)(H,13,16)(H,17,18)/t8-/m0/s1. The van der Waals surface area contributed by atoms with Crippen molar-refractivity contribution in [1.29, 1.82) is 0 Å². The van der Waals surface area contributed by atoms with Gasteiger partial charge >= 0.3 is 5.97 Å². The first-order chi connectivity index (χ1) is 8.88. The number of nitrogens with zero attached hydrogens (tertiary/aromatic N) is 1. The van der Waals surface area contributed by atoms with E-state index >= 15 is 0 Å². The summed E-state index contributed by atoms with van der Waals surface area (Å²) in [5.74, 6) is -1.78. The molecule has 0 radical (unpaired) electrons. The lowest BCUT2D eigenvalue weighted by molar-refractivity contribution is -0.142. The van der Waals surface area contributed by atoms with Crippen molar-refractivity contribution >= 4 is 17.8 Å². The van der Waals surface area contributed by atoms with Crippen molar-refractivity contribution in [3.05, 3.63) is 17.5 Å². The summed E-state index contributed by atoms with van der Waals surface area (Å²) in [6, 6.07) is 0.437. The molecule has 0 unspecified atom stereocenters. The highest BCUT2D eigenvalue weighted by Gasteiger charge is 2.21. The van der Waals surface area contributed by atoms with E-state index in [1.807, 2.05) is 0 Å². The quantitative estimate of drug-likeness (QED) is 0.602. The van der Waals surface area contributed by atoms with Gasteiger partial charge in [-0.05, 0) is 13.3 Å². The third-order valence-electron chi connectivity index (χ3n) is 2.33. The van der Waals surface area contributed by atoms with Gasteiger partial charge in [-0.1, -0.05) is 5.16 Å². The molecular formula is C11H15N3O5. The number of hydrogen-bond acceptors (Lipinski definition) is 5. The molecule has 0 spiro atoms. The van der Waals surface area contributed by atoms with Gasteiger partial charge in [-0.25, -0.2) is 4.79 Å². The number of aromatic nitrogens is 1. The van der Waals surface area contributed by atoms with Crippen LogP contribution in [-0.2, 0) is 20.8 Å². The minimum Gasteiger partial charge on any atom is -0.480 e. The van der Waals surface area contributed by atoms with Gasteiger partial charge < -0.3 is 20.7 Å². The first-order valence-corrected chi connectivity index (χ1v) is 5.61. The number of carboxylic acids is 1. The molecule has 1 heterocycles. The highest BCUT2D eigenvalue weighted by atomic mass is 16.5. The number of hydrogen-bond donors (Lipinski definition) is 3. The van der Waals surface area contributed by atoms with Gasteiger partial charge in [-0.15, -0.1) is 0 Å². The Balaban J connectivity index is 2.51. The van der Waals surface area contributed by atoms with Gasteiger partial charge in [-0.2, -0.15) is 0 Å². The summed E-state index contributed by atoms with van der Waals surface area (Å²) < 4.78 is 4.79. The highest BCUT2D eigenvalue weighted by molar-refractivity contribution is 5.85. The molecule has 0 bridgehead atoms. The number of nitrogens with one attached hydrogen (secondary N) is 1. The lowest BCUT2D eigenvalue weighted by Gasteiger charge is -2.12. The first-order valence-electron chi connectivity index (χ1n) is 5.61. The van der Waals surface area contributed by atoms with E-state index in [9.17, 15) is 14.4 Å². The molecule has 1 aromatic rings. The molecule has 0 aliphatic rings. The summed E-state index contributed by atoms with van der Waals surface area (Å²) in [4.78, 5) is 33.1. The van der Waals surface area contributed by atoms with Crippen molar-refractivity contribution in [2.45, 2.75) is 32.2 Å². The molecule has 1 aromatic heterocycles. The van der Waals surface area contributed by atoms with Crippen LogP contribution >= 0.6 is 0 Å². The van der Waals surface area contributed by atoms with Crippen LogP contribution in [0.3, 0.4) is 0 Å². The summed E-state index contributed by atoms with van der Waals surface area (Å²) in [7, 11) is 0. The maximum absolute atomic E-state index is 11.6. The van der Waals surface area contributed by atoms with Crippen LogP contribution in [-0.4, -0.2) is 34.1 Å². The molecule has 8 nitrogen and oxygen atoms in total. The number of carboxylic acid groups (broad SMARTS) is 1.